The van der Waals surface area contributed by atoms with Gasteiger partial charge in [-0.3, -0.25) is 0 Å². The molecule has 0 aliphatic rings. The van der Waals surface area contributed by atoms with Gasteiger partial charge in [0, 0.05) is 27.1 Å². The van der Waals surface area contributed by atoms with Crippen LogP contribution in [0.1, 0.15) is 37.1 Å². The Morgan fingerprint density at radius 1 is 1.05 bits per heavy atom. The third-order valence-electron chi connectivity index (χ3n) is 3.30. The van der Waals surface area contributed by atoms with E-state index < -0.39 is 0 Å². The largest absolute Gasteiger partial charge is 0.303 e. The van der Waals surface area contributed by atoms with Gasteiger partial charge in [-0.25, -0.2) is 4.39 Å². The number of halogens is 3. The Kier molecular flexibility index (Phi) is 5.19. The van der Waals surface area contributed by atoms with E-state index in [0.717, 1.165) is 15.1 Å². The van der Waals surface area contributed by atoms with Gasteiger partial charge in [-0.1, -0.05) is 45.7 Å². The van der Waals surface area contributed by atoms with Crippen LogP contribution in [0.4, 0.5) is 4.39 Å². The number of benzene rings is 2. The van der Waals surface area contributed by atoms with Gasteiger partial charge in [-0.05, 0) is 43.7 Å². The second kappa shape index (κ2) is 6.70. The zero-order valence-corrected chi connectivity index (χ0v) is 13.7. The van der Waals surface area contributed by atoms with Gasteiger partial charge >= 0.3 is 0 Å². The summed E-state index contributed by atoms with van der Waals surface area (Å²) >= 11 is 9.56. The Bertz CT molecular complexity index is 603. The summed E-state index contributed by atoms with van der Waals surface area (Å²) in [5, 5.41) is 4.09. The topological polar surface area (TPSA) is 12.0 Å². The van der Waals surface area contributed by atoms with E-state index in [1.54, 1.807) is 12.1 Å². The van der Waals surface area contributed by atoms with E-state index in [9.17, 15) is 4.39 Å². The molecular weight excluding hydrogens is 341 g/mol. The highest BCUT2D eigenvalue weighted by atomic mass is 79.9. The van der Waals surface area contributed by atoms with Gasteiger partial charge in [0.05, 0.1) is 0 Å². The quantitative estimate of drug-likeness (QED) is 0.746. The zero-order chi connectivity index (χ0) is 14.7. The first-order valence-electron chi connectivity index (χ1n) is 6.44. The van der Waals surface area contributed by atoms with Gasteiger partial charge in [0.25, 0.3) is 0 Å². The van der Waals surface area contributed by atoms with Crippen molar-refractivity contribution in [2.75, 3.05) is 0 Å². The van der Waals surface area contributed by atoms with Crippen molar-refractivity contribution in [3.05, 3.63) is 68.9 Å². The van der Waals surface area contributed by atoms with E-state index in [-0.39, 0.29) is 17.9 Å². The molecule has 1 nitrogen and oxygen atoms in total. The van der Waals surface area contributed by atoms with Crippen molar-refractivity contribution < 1.29 is 4.39 Å². The molecule has 0 fully saturated rings. The summed E-state index contributed by atoms with van der Waals surface area (Å²) in [6.45, 7) is 3.96. The Morgan fingerprint density at radius 3 is 2.40 bits per heavy atom. The van der Waals surface area contributed by atoms with E-state index in [1.807, 2.05) is 38.1 Å². The Balaban J connectivity index is 2.17. The lowest BCUT2D eigenvalue weighted by Gasteiger charge is -2.22. The first kappa shape index (κ1) is 15.5. The third kappa shape index (κ3) is 3.60. The summed E-state index contributed by atoms with van der Waals surface area (Å²) in [4.78, 5) is 0. The summed E-state index contributed by atoms with van der Waals surface area (Å²) in [5.41, 5.74) is 1.65. The molecule has 20 heavy (non-hydrogen) atoms. The molecule has 1 N–H and O–H groups in total. The van der Waals surface area contributed by atoms with Crippen LogP contribution in [-0.4, -0.2) is 0 Å². The van der Waals surface area contributed by atoms with Crippen molar-refractivity contribution >= 4 is 27.5 Å². The second-order valence-corrected chi connectivity index (χ2v) is 6.12. The number of rotatable bonds is 4. The standard InChI is InChI=1S/C16H16BrClFN/c1-10(13-5-3-4-6-15(13)18)20-11(2)14-9-12(17)7-8-16(14)19/h3-11,20H,1-2H3/t10-,11?/m0/s1. The molecule has 0 saturated heterocycles. The van der Waals surface area contributed by atoms with Crippen LogP contribution in [0.25, 0.3) is 0 Å². The highest BCUT2D eigenvalue weighted by Crippen LogP contribution is 2.27. The third-order valence-corrected chi connectivity index (χ3v) is 4.13. The summed E-state index contributed by atoms with van der Waals surface area (Å²) in [7, 11) is 0. The van der Waals surface area contributed by atoms with Gasteiger partial charge < -0.3 is 5.32 Å². The minimum absolute atomic E-state index is 0.0390. The Morgan fingerprint density at radius 2 is 1.70 bits per heavy atom. The lowest BCUT2D eigenvalue weighted by molar-refractivity contribution is 0.474. The molecule has 0 amide bonds. The maximum absolute atomic E-state index is 13.9. The zero-order valence-electron chi connectivity index (χ0n) is 11.3. The van der Waals surface area contributed by atoms with Crippen molar-refractivity contribution in [1.29, 1.82) is 0 Å². The second-order valence-electron chi connectivity index (χ2n) is 4.80. The van der Waals surface area contributed by atoms with Gasteiger partial charge in [0.2, 0.25) is 0 Å². The van der Waals surface area contributed by atoms with Crippen LogP contribution in [0.5, 0.6) is 0 Å². The molecule has 1 unspecified atom stereocenters. The van der Waals surface area contributed by atoms with Crippen LogP contribution in [0.15, 0.2) is 46.9 Å². The summed E-state index contributed by atoms with van der Waals surface area (Å²) in [5.74, 6) is -0.209. The molecule has 0 heterocycles. The van der Waals surface area contributed by atoms with Crippen molar-refractivity contribution in [3.8, 4) is 0 Å². The molecule has 0 aromatic heterocycles. The fourth-order valence-electron chi connectivity index (χ4n) is 2.23. The highest BCUT2D eigenvalue weighted by Gasteiger charge is 2.16. The molecule has 0 radical (unpaired) electrons. The average molecular weight is 357 g/mol. The van der Waals surface area contributed by atoms with E-state index >= 15 is 0 Å². The monoisotopic (exact) mass is 355 g/mol. The lowest BCUT2D eigenvalue weighted by Crippen LogP contribution is -2.23. The molecule has 0 aliphatic heterocycles. The molecule has 2 aromatic carbocycles. The van der Waals surface area contributed by atoms with E-state index in [2.05, 4.69) is 21.2 Å². The fourth-order valence-corrected chi connectivity index (χ4v) is 2.91. The van der Waals surface area contributed by atoms with Crippen LogP contribution in [0.3, 0.4) is 0 Å². The Hall–Kier alpha value is -0.900. The molecular formula is C16H16BrClFN. The van der Waals surface area contributed by atoms with E-state index in [1.165, 1.54) is 6.07 Å². The van der Waals surface area contributed by atoms with Crippen molar-refractivity contribution in [2.45, 2.75) is 25.9 Å². The molecule has 0 aliphatic carbocycles. The predicted molar refractivity (Wildman–Crippen MR) is 85.5 cm³/mol. The lowest BCUT2D eigenvalue weighted by atomic mass is 10.0. The highest BCUT2D eigenvalue weighted by molar-refractivity contribution is 9.10. The average Bonchev–Trinajstić information content (AvgIpc) is 2.41. The number of hydrogen-bond donors (Lipinski definition) is 1. The maximum Gasteiger partial charge on any atom is 0.128 e. The van der Waals surface area contributed by atoms with Crippen LogP contribution in [0, 0.1) is 5.82 Å². The molecule has 0 bridgehead atoms. The van der Waals surface area contributed by atoms with Crippen LogP contribution in [-0.2, 0) is 0 Å². The molecule has 0 spiro atoms. The normalized spacial score (nSPS) is 14.1. The van der Waals surface area contributed by atoms with Gasteiger partial charge in [-0.15, -0.1) is 0 Å². The first-order chi connectivity index (χ1) is 9.49. The minimum atomic E-state index is -0.209. The minimum Gasteiger partial charge on any atom is -0.303 e. The SMILES string of the molecule is CC(N[C@@H](C)c1ccccc1Cl)c1cc(Br)ccc1F. The number of hydrogen-bond acceptors (Lipinski definition) is 1. The first-order valence-corrected chi connectivity index (χ1v) is 7.61. The van der Waals surface area contributed by atoms with Gasteiger partial charge in [-0.2, -0.15) is 0 Å². The smallest absolute Gasteiger partial charge is 0.128 e. The molecule has 2 aromatic rings. The van der Waals surface area contributed by atoms with Crippen LogP contribution >= 0.6 is 27.5 Å². The van der Waals surface area contributed by atoms with Gasteiger partial charge in [0.1, 0.15) is 5.82 Å². The van der Waals surface area contributed by atoms with E-state index in [0.29, 0.717) is 5.56 Å². The predicted octanol–water partition coefficient (Wildman–Crippen LogP) is 5.65. The number of nitrogens with one attached hydrogen (secondary N) is 1. The summed E-state index contributed by atoms with van der Waals surface area (Å²) < 4.78 is 14.7. The van der Waals surface area contributed by atoms with Crippen LogP contribution in [0.2, 0.25) is 5.02 Å². The molecule has 2 rings (SSSR count). The van der Waals surface area contributed by atoms with Crippen molar-refractivity contribution in [1.82, 2.24) is 5.32 Å². The van der Waals surface area contributed by atoms with Crippen molar-refractivity contribution in [3.63, 3.8) is 0 Å². The summed E-state index contributed by atoms with van der Waals surface area (Å²) in [6, 6.07) is 12.6. The Labute approximate surface area is 132 Å². The molecule has 2 atom stereocenters. The molecule has 0 saturated carbocycles. The fraction of sp³-hybridized carbons (Fsp3) is 0.250. The van der Waals surface area contributed by atoms with Crippen LogP contribution < -0.4 is 5.32 Å². The molecule has 4 heteroatoms. The maximum atomic E-state index is 13.9. The summed E-state index contributed by atoms with van der Waals surface area (Å²) in [6.07, 6.45) is 0. The van der Waals surface area contributed by atoms with E-state index in [4.69, 9.17) is 11.6 Å². The van der Waals surface area contributed by atoms with Gasteiger partial charge in [0.15, 0.2) is 0 Å². The molecule has 106 valence electrons. The van der Waals surface area contributed by atoms with Crippen molar-refractivity contribution in [2.24, 2.45) is 0 Å².